The van der Waals surface area contributed by atoms with E-state index < -0.39 is 15.3 Å². The summed E-state index contributed by atoms with van der Waals surface area (Å²) in [6.45, 7) is 5.58. The van der Waals surface area contributed by atoms with Gasteiger partial charge in [0.25, 0.3) is 0 Å². The van der Waals surface area contributed by atoms with Crippen molar-refractivity contribution in [2.45, 2.75) is 32.1 Å². The molecule has 0 heterocycles. The quantitative estimate of drug-likeness (QED) is 0.844. The van der Waals surface area contributed by atoms with Crippen molar-refractivity contribution in [2.24, 2.45) is 11.3 Å². The van der Waals surface area contributed by atoms with E-state index in [2.05, 4.69) is 0 Å². The van der Waals surface area contributed by atoms with Gasteiger partial charge in [-0.15, -0.1) is 0 Å². The Labute approximate surface area is 108 Å². The summed E-state index contributed by atoms with van der Waals surface area (Å²) in [4.78, 5) is 11.8. The zero-order chi connectivity index (χ0) is 13.6. The number of sulfone groups is 1. The van der Waals surface area contributed by atoms with E-state index >= 15 is 0 Å². The predicted molar refractivity (Wildman–Crippen MR) is 70.1 cm³/mol. The Balaban J connectivity index is 2.19. The molecule has 0 radical (unpaired) electrons. The first-order chi connectivity index (χ1) is 8.23. The lowest BCUT2D eigenvalue weighted by Crippen LogP contribution is -2.48. The molecule has 0 N–H and O–H groups in total. The Morgan fingerprint density at radius 1 is 1.22 bits per heavy atom. The zero-order valence-corrected chi connectivity index (χ0v) is 11.8. The molecular formula is C14H18O3S. The lowest BCUT2D eigenvalue weighted by Gasteiger charge is -2.42. The van der Waals surface area contributed by atoms with Gasteiger partial charge >= 0.3 is 0 Å². The average Bonchev–Trinajstić information content (AvgIpc) is 2.29. The average molecular weight is 266 g/mol. The van der Waals surface area contributed by atoms with Crippen molar-refractivity contribution in [3.63, 3.8) is 0 Å². The van der Waals surface area contributed by atoms with Crippen LogP contribution in [0.15, 0.2) is 29.2 Å². The summed E-state index contributed by atoms with van der Waals surface area (Å²) in [7, 11) is -3.28. The molecular weight excluding hydrogens is 248 g/mol. The number of carbonyl (C=O) groups excluding carboxylic acids is 1. The topological polar surface area (TPSA) is 51.2 Å². The molecule has 0 bridgehead atoms. The minimum atomic E-state index is -3.28. The highest BCUT2D eigenvalue weighted by molar-refractivity contribution is 7.91. The van der Waals surface area contributed by atoms with E-state index in [1.807, 2.05) is 20.8 Å². The van der Waals surface area contributed by atoms with Crippen LogP contribution in [0.5, 0.6) is 0 Å². The molecule has 4 heteroatoms. The van der Waals surface area contributed by atoms with E-state index in [4.69, 9.17) is 0 Å². The van der Waals surface area contributed by atoms with Gasteiger partial charge in [0.2, 0.25) is 0 Å². The monoisotopic (exact) mass is 266 g/mol. The summed E-state index contributed by atoms with van der Waals surface area (Å²) < 4.78 is 24.5. The largest absolute Gasteiger partial charge is 0.299 e. The lowest BCUT2D eigenvalue weighted by atomic mass is 9.62. The molecule has 0 spiro atoms. The number of carbonyl (C=O) groups is 1. The predicted octanol–water partition coefficient (Wildman–Crippen LogP) is 2.38. The standard InChI is InChI=1S/C14H18O3S/c1-10-4-6-12(7-5-10)18(16,17)9-11-8-13(15)14(11,2)3/h4-7,11H,8-9H2,1-3H3. The second kappa shape index (κ2) is 4.19. The summed E-state index contributed by atoms with van der Waals surface area (Å²) in [5.74, 6) is 0.164. The van der Waals surface area contributed by atoms with Gasteiger partial charge in [-0.25, -0.2) is 8.42 Å². The van der Waals surface area contributed by atoms with E-state index in [0.29, 0.717) is 11.3 Å². The van der Waals surface area contributed by atoms with Gasteiger partial charge in [-0.3, -0.25) is 4.79 Å². The molecule has 1 unspecified atom stereocenters. The maximum Gasteiger partial charge on any atom is 0.178 e. The Hall–Kier alpha value is -1.16. The van der Waals surface area contributed by atoms with Crippen LogP contribution in [0.1, 0.15) is 25.8 Å². The first-order valence-corrected chi connectivity index (χ1v) is 7.71. The van der Waals surface area contributed by atoms with Crippen LogP contribution in [0, 0.1) is 18.3 Å². The van der Waals surface area contributed by atoms with Gasteiger partial charge in [-0.05, 0) is 25.0 Å². The fraction of sp³-hybridized carbons (Fsp3) is 0.500. The van der Waals surface area contributed by atoms with Crippen molar-refractivity contribution in [3.8, 4) is 0 Å². The van der Waals surface area contributed by atoms with Crippen molar-refractivity contribution in [1.82, 2.24) is 0 Å². The third-order valence-electron chi connectivity index (χ3n) is 3.97. The maximum absolute atomic E-state index is 12.2. The van der Waals surface area contributed by atoms with Gasteiger partial charge in [-0.2, -0.15) is 0 Å². The van der Waals surface area contributed by atoms with E-state index in [0.717, 1.165) is 5.56 Å². The summed E-state index contributed by atoms with van der Waals surface area (Å²) in [5.41, 5.74) is 0.547. The van der Waals surface area contributed by atoms with Gasteiger partial charge in [0.15, 0.2) is 9.84 Å². The first kappa shape index (κ1) is 13.3. The Morgan fingerprint density at radius 2 is 1.78 bits per heavy atom. The van der Waals surface area contributed by atoms with E-state index in [1.54, 1.807) is 24.3 Å². The van der Waals surface area contributed by atoms with Crippen LogP contribution >= 0.6 is 0 Å². The van der Waals surface area contributed by atoms with E-state index in [-0.39, 0.29) is 17.5 Å². The molecule has 3 nitrogen and oxygen atoms in total. The van der Waals surface area contributed by atoms with Crippen molar-refractivity contribution >= 4 is 15.6 Å². The number of benzene rings is 1. The van der Waals surface area contributed by atoms with Gasteiger partial charge in [0.05, 0.1) is 10.6 Å². The molecule has 98 valence electrons. The lowest BCUT2D eigenvalue weighted by molar-refractivity contribution is -0.141. The van der Waals surface area contributed by atoms with Crippen LogP contribution in [0.2, 0.25) is 0 Å². The Kier molecular flexibility index (Phi) is 3.09. The molecule has 0 saturated heterocycles. The highest BCUT2D eigenvalue weighted by Gasteiger charge is 2.48. The van der Waals surface area contributed by atoms with Crippen molar-refractivity contribution in [2.75, 3.05) is 5.75 Å². The fourth-order valence-corrected chi connectivity index (χ4v) is 4.02. The molecule has 1 aromatic rings. The number of hydrogen-bond acceptors (Lipinski definition) is 3. The number of hydrogen-bond donors (Lipinski definition) is 0. The van der Waals surface area contributed by atoms with Crippen LogP contribution in [0.25, 0.3) is 0 Å². The first-order valence-electron chi connectivity index (χ1n) is 6.06. The molecule has 18 heavy (non-hydrogen) atoms. The van der Waals surface area contributed by atoms with Gasteiger partial charge in [-0.1, -0.05) is 31.5 Å². The molecule has 1 aliphatic rings. The molecule has 1 aliphatic carbocycles. The normalized spacial score (nSPS) is 22.6. The molecule has 1 fully saturated rings. The van der Waals surface area contributed by atoms with Crippen LogP contribution in [-0.2, 0) is 14.6 Å². The number of ketones is 1. The second-order valence-electron chi connectivity index (χ2n) is 5.64. The van der Waals surface area contributed by atoms with Crippen molar-refractivity contribution in [1.29, 1.82) is 0 Å². The second-order valence-corrected chi connectivity index (χ2v) is 7.67. The summed E-state index contributed by atoms with van der Waals surface area (Å²) >= 11 is 0. The SMILES string of the molecule is Cc1ccc(S(=O)(=O)CC2CC(=O)C2(C)C)cc1. The van der Waals surface area contributed by atoms with Crippen molar-refractivity contribution < 1.29 is 13.2 Å². The Morgan fingerprint density at radius 3 is 2.22 bits per heavy atom. The van der Waals surface area contributed by atoms with Crippen LogP contribution in [-0.4, -0.2) is 20.0 Å². The number of rotatable bonds is 3. The van der Waals surface area contributed by atoms with Crippen LogP contribution < -0.4 is 0 Å². The Bertz CT molecular complexity index is 568. The highest BCUT2D eigenvalue weighted by atomic mass is 32.2. The number of aryl methyl sites for hydroxylation is 1. The van der Waals surface area contributed by atoms with E-state index in [1.165, 1.54) is 0 Å². The molecule has 0 amide bonds. The molecule has 0 aliphatic heterocycles. The van der Waals surface area contributed by atoms with Crippen molar-refractivity contribution in [3.05, 3.63) is 29.8 Å². The summed E-state index contributed by atoms with van der Waals surface area (Å²) in [6, 6.07) is 6.87. The molecule has 2 rings (SSSR count). The summed E-state index contributed by atoms with van der Waals surface area (Å²) in [6.07, 6.45) is 0.387. The molecule has 0 aromatic heterocycles. The third-order valence-corrected chi connectivity index (χ3v) is 5.80. The smallest absolute Gasteiger partial charge is 0.178 e. The van der Waals surface area contributed by atoms with Gasteiger partial charge in [0.1, 0.15) is 5.78 Å². The van der Waals surface area contributed by atoms with Gasteiger partial charge < -0.3 is 0 Å². The third kappa shape index (κ3) is 2.21. The van der Waals surface area contributed by atoms with Crippen LogP contribution in [0.3, 0.4) is 0 Å². The minimum Gasteiger partial charge on any atom is -0.299 e. The van der Waals surface area contributed by atoms with Gasteiger partial charge in [0, 0.05) is 11.8 Å². The summed E-state index contributed by atoms with van der Waals surface area (Å²) in [5, 5.41) is 0. The van der Waals surface area contributed by atoms with E-state index in [9.17, 15) is 13.2 Å². The molecule has 1 saturated carbocycles. The van der Waals surface area contributed by atoms with Crippen LogP contribution in [0.4, 0.5) is 0 Å². The highest BCUT2D eigenvalue weighted by Crippen LogP contribution is 2.43. The fourth-order valence-electron chi connectivity index (χ4n) is 2.21. The molecule has 1 aromatic carbocycles. The minimum absolute atomic E-state index is 0.0590. The molecule has 1 atom stereocenters. The maximum atomic E-state index is 12.2. The number of Topliss-reactive ketones (excluding diaryl/α,β-unsaturated/α-hetero) is 1. The zero-order valence-electron chi connectivity index (χ0n) is 10.9.